The number of hydrogen-bond donors (Lipinski definition) is 0. The quantitative estimate of drug-likeness (QED) is 0.700. The molecule has 1 aromatic rings. The minimum absolute atomic E-state index is 0.735. The maximum absolute atomic E-state index is 8.70. The second kappa shape index (κ2) is 5.51. The number of thioether (sulfide) groups is 1. The fourth-order valence-electron chi connectivity index (χ4n) is 1.07. The summed E-state index contributed by atoms with van der Waals surface area (Å²) in [5, 5.41) is 8.70. The van der Waals surface area contributed by atoms with Crippen LogP contribution in [-0.2, 0) is 5.75 Å². The Labute approximate surface area is 89.4 Å². The third-order valence-corrected chi connectivity index (χ3v) is 2.91. The molecule has 1 aromatic carbocycles. The second-order valence-electron chi connectivity index (χ2n) is 3.26. The smallest absolute Gasteiger partial charge is 0.0991 e. The SMILES string of the molecule is C=C(C)CSCc1cccc(C#N)c1. The van der Waals surface area contributed by atoms with E-state index in [2.05, 4.69) is 12.6 Å². The predicted molar refractivity (Wildman–Crippen MR) is 62.1 cm³/mol. The largest absolute Gasteiger partial charge is 0.192 e. The lowest BCUT2D eigenvalue weighted by Gasteiger charge is -2.01. The highest BCUT2D eigenvalue weighted by Gasteiger charge is 1.95. The zero-order valence-electron chi connectivity index (χ0n) is 8.29. The van der Waals surface area contributed by atoms with Crippen molar-refractivity contribution in [3.05, 3.63) is 47.5 Å². The molecule has 0 fully saturated rings. The Hall–Kier alpha value is -1.20. The summed E-state index contributed by atoms with van der Waals surface area (Å²) in [5.41, 5.74) is 3.13. The minimum atomic E-state index is 0.735. The molecule has 0 saturated carbocycles. The van der Waals surface area contributed by atoms with E-state index in [1.807, 2.05) is 43.0 Å². The number of hydrogen-bond acceptors (Lipinski definition) is 2. The van der Waals surface area contributed by atoms with Gasteiger partial charge in [0.1, 0.15) is 0 Å². The van der Waals surface area contributed by atoms with E-state index in [9.17, 15) is 0 Å². The van der Waals surface area contributed by atoms with Crippen LogP contribution in [0.25, 0.3) is 0 Å². The van der Waals surface area contributed by atoms with Gasteiger partial charge in [0.15, 0.2) is 0 Å². The van der Waals surface area contributed by atoms with E-state index in [1.54, 1.807) is 0 Å². The first-order chi connectivity index (χ1) is 6.72. The van der Waals surface area contributed by atoms with Crippen LogP contribution < -0.4 is 0 Å². The fourth-order valence-corrected chi connectivity index (χ4v) is 1.94. The predicted octanol–water partition coefficient (Wildman–Crippen LogP) is 3.37. The summed E-state index contributed by atoms with van der Waals surface area (Å²) >= 11 is 1.82. The maximum Gasteiger partial charge on any atom is 0.0991 e. The Balaban J connectivity index is 2.51. The van der Waals surface area contributed by atoms with Crippen molar-refractivity contribution >= 4 is 11.8 Å². The van der Waals surface area contributed by atoms with Crippen molar-refractivity contribution in [3.63, 3.8) is 0 Å². The molecule has 0 aliphatic carbocycles. The monoisotopic (exact) mass is 203 g/mol. The first-order valence-electron chi connectivity index (χ1n) is 4.43. The fraction of sp³-hybridized carbons (Fsp3) is 0.250. The van der Waals surface area contributed by atoms with Crippen molar-refractivity contribution in [1.29, 1.82) is 5.26 Å². The van der Waals surface area contributed by atoms with Crippen LogP contribution in [0.1, 0.15) is 18.1 Å². The number of nitriles is 1. The normalized spacial score (nSPS) is 9.43. The molecule has 0 amide bonds. The lowest BCUT2D eigenvalue weighted by molar-refractivity contribution is 1.37. The molecule has 0 aliphatic heterocycles. The Bertz CT molecular complexity index is 363. The zero-order chi connectivity index (χ0) is 10.4. The summed E-state index contributed by atoms with van der Waals surface area (Å²) in [7, 11) is 0. The molecular weight excluding hydrogens is 190 g/mol. The molecule has 0 bridgehead atoms. The topological polar surface area (TPSA) is 23.8 Å². The van der Waals surface area contributed by atoms with E-state index in [0.29, 0.717) is 0 Å². The van der Waals surface area contributed by atoms with Crippen LogP contribution in [0.4, 0.5) is 0 Å². The summed E-state index contributed by atoms with van der Waals surface area (Å²) in [6, 6.07) is 9.88. The Morgan fingerprint density at radius 2 is 2.36 bits per heavy atom. The van der Waals surface area contributed by atoms with Crippen molar-refractivity contribution in [2.24, 2.45) is 0 Å². The molecule has 1 nitrogen and oxygen atoms in total. The second-order valence-corrected chi connectivity index (χ2v) is 4.25. The molecular formula is C12H13NS. The summed E-state index contributed by atoms with van der Waals surface area (Å²) in [5.74, 6) is 1.93. The molecule has 0 N–H and O–H groups in total. The van der Waals surface area contributed by atoms with E-state index in [0.717, 1.165) is 17.1 Å². The summed E-state index contributed by atoms with van der Waals surface area (Å²) in [4.78, 5) is 0. The molecule has 0 radical (unpaired) electrons. The number of rotatable bonds is 4. The van der Waals surface area contributed by atoms with Gasteiger partial charge in [-0.3, -0.25) is 0 Å². The van der Waals surface area contributed by atoms with Gasteiger partial charge < -0.3 is 0 Å². The highest BCUT2D eigenvalue weighted by Crippen LogP contribution is 2.15. The molecule has 0 saturated heterocycles. The van der Waals surface area contributed by atoms with Crippen molar-refractivity contribution in [1.82, 2.24) is 0 Å². The molecule has 0 atom stereocenters. The van der Waals surface area contributed by atoms with Gasteiger partial charge in [0, 0.05) is 11.5 Å². The van der Waals surface area contributed by atoms with E-state index in [-0.39, 0.29) is 0 Å². The van der Waals surface area contributed by atoms with Crippen LogP contribution in [0.3, 0.4) is 0 Å². The third-order valence-electron chi connectivity index (χ3n) is 1.67. The maximum atomic E-state index is 8.70. The molecule has 0 heterocycles. The van der Waals surface area contributed by atoms with Crippen LogP contribution in [0.2, 0.25) is 0 Å². The lowest BCUT2D eigenvalue weighted by atomic mass is 10.2. The van der Waals surface area contributed by atoms with Crippen molar-refractivity contribution in [2.75, 3.05) is 5.75 Å². The highest BCUT2D eigenvalue weighted by molar-refractivity contribution is 7.98. The van der Waals surface area contributed by atoms with Crippen molar-refractivity contribution in [2.45, 2.75) is 12.7 Å². The van der Waals surface area contributed by atoms with Gasteiger partial charge in [-0.15, -0.1) is 0 Å². The van der Waals surface area contributed by atoms with E-state index in [1.165, 1.54) is 11.1 Å². The average molecular weight is 203 g/mol. The first kappa shape index (κ1) is 10.9. The molecule has 14 heavy (non-hydrogen) atoms. The van der Waals surface area contributed by atoms with E-state index < -0.39 is 0 Å². The zero-order valence-corrected chi connectivity index (χ0v) is 9.10. The van der Waals surface area contributed by atoms with Gasteiger partial charge >= 0.3 is 0 Å². The van der Waals surface area contributed by atoms with Gasteiger partial charge in [-0.05, 0) is 24.6 Å². The van der Waals surface area contributed by atoms with Crippen LogP contribution in [0, 0.1) is 11.3 Å². The standard InChI is InChI=1S/C12H13NS/c1-10(2)8-14-9-12-5-3-4-11(6-12)7-13/h3-6H,1,8-9H2,2H3. The van der Waals surface area contributed by atoms with Crippen LogP contribution >= 0.6 is 11.8 Å². The van der Waals surface area contributed by atoms with Gasteiger partial charge in [0.2, 0.25) is 0 Å². The molecule has 0 spiro atoms. The third kappa shape index (κ3) is 3.68. The van der Waals surface area contributed by atoms with Crippen LogP contribution in [0.5, 0.6) is 0 Å². The Kier molecular flexibility index (Phi) is 4.28. The van der Waals surface area contributed by atoms with Crippen LogP contribution in [-0.4, -0.2) is 5.75 Å². The molecule has 72 valence electrons. The van der Waals surface area contributed by atoms with Crippen LogP contribution in [0.15, 0.2) is 36.4 Å². The Morgan fingerprint density at radius 3 is 3.00 bits per heavy atom. The summed E-state index contributed by atoms with van der Waals surface area (Å²) < 4.78 is 0. The van der Waals surface area contributed by atoms with Crippen molar-refractivity contribution in [3.8, 4) is 6.07 Å². The van der Waals surface area contributed by atoms with E-state index >= 15 is 0 Å². The molecule has 0 aromatic heterocycles. The Morgan fingerprint density at radius 1 is 1.57 bits per heavy atom. The highest BCUT2D eigenvalue weighted by atomic mass is 32.2. The molecule has 0 unspecified atom stereocenters. The van der Waals surface area contributed by atoms with Gasteiger partial charge in [-0.25, -0.2) is 0 Å². The van der Waals surface area contributed by atoms with Crippen molar-refractivity contribution < 1.29 is 0 Å². The number of benzene rings is 1. The van der Waals surface area contributed by atoms with E-state index in [4.69, 9.17) is 5.26 Å². The van der Waals surface area contributed by atoms with Gasteiger partial charge in [0.25, 0.3) is 0 Å². The molecule has 2 heteroatoms. The van der Waals surface area contributed by atoms with Gasteiger partial charge in [-0.2, -0.15) is 17.0 Å². The first-order valence-corrected chi connectivity index (χ1v) is 5.59. The summed E-state index contributed by atoms with van der Waals surface area (Å²) in [6.45, 7) is 5.87. The van der Waals surface area contributed by atoms with Gasteiger partial charge in [0.05, 0.1) is 11.6 Å². The lowest BCUT2D eigenvalue weighted by Crippen LogP contribution is -1.85. The average Bonchev–Trinajstić information content (AvgIpc) is 2.18. The summed E-state index contributed by atoms with van der Waals surface area (Å²) in [6.07, 6.45) is 0. The molecule has 0 aliphatic rings. The minimum Gasteiger partial charge on any atom is -0.192 e. The molecule has 1 rings (SSSR count). The number of nitrogens with zero attached hydrogens (tertiary/aromatic N) is 1. The van der Waals surface area contributed by atoms with Gasteiger partial charge in [-0.1, -0.05) is 24.3 Å².